The third-order valence-electron chi connectivity index (χ3n) is 1.90. The number of fused-ring (bicyclic) bond motifs is 1. The monoisotopic (exact) mass is 224 g/mol. The Labute approximate surface area is 94.9 Å². The summed E-state index contributed by atoms with van der Waals surface area (Å²) in [6.45, 7) is 2.72. The van der Waals surface area contributed by atoms with Gasteiger partial charge >= 0.3 is 6.01 Å². The Kier molecular flexibility index (Phi) is 4.31. The molecule has 0 saturated heterocycles. The summed E-state index contributed by atoms with van der Waals surface area (Å²) in [7, 11) is 0. The Bertz CT molecular complexity index is 434. The summed E-state index contributed by atoms with van der Waals surface area (Å²) in [5.74, 6) is 0. The van der Waals surface area contributed by atoms with Crippen LogP contribution in [0, 0.1) is 0 Å². The van der Waals surface area contributed by atoms with Gasteiger partial charge in [0, 0.05) is 11.6 Å². The number of hydrogen-bond donors (Lipinski definition) is 0. The number of hydrogen-bond acceptors (Lipinski definition) is 3. The highest BCUT2D eigenvalue weighted by atomic mass is 35.5. The Morgan fingerprint density at radius 1 is 1.27 bits per heavy atom. The average molecular weight is 225 g/mol. The Hall–Kier alpha value is -1.35. The van der Waals surface area contributed by atoms with Gasteiger partial charge in [0.25, 0.3) is 0 Å². The maximum atomic E-state index is 5.34. The van der Waals surface area contributed by atoms with Crippen LogP contribution in [0.25, 0.3) is 10.9 Å². The maximum absolute atomic E-state index is 5.34. The van der Waals surface area contributed by atoms with Crippen LogP contribution in [0.5, 0.6) is 6.01 Å². The largest absolute Gasteiger partial charge is 0.463 e. The van der Waals surface area contributed by atoms with Gasteiger partial charge in [-0.1, -0.05) is 25.1 Å². The van der Waals surface area contributed by atoms with Gasteiger partial charge in [-0.05, 0) is 12.5 Å². The van der Waals surface area contributed by atoms with Gasteiger partial charge in [0.1, 0.15) is 0 Å². The minimum atomic E-state index is 0. The molecule has 15 heavy (non-hydrogen) atoms. The predicted octanol–water partition coefficient (Wildman–Crippen LogP) is 2.84. The first-order valence-corrected chi connectivity index (χ1v) is 4.74. The molecular formula is C11H13ClN2O. The summed E-state index contributed by atoms with van der Waals surface area (Å²) >= 11 is 0. The van der Waals surface area contributed by atoms with Gasteiger partial charge in [0.05, 0.1) is 12.1 Å². The highest BCUT2D eigenvalue weighted by Crippen LogP contribution is 2.12. The normalized spacial score (nSPS) is 9.67. The second-order valence-corrected chi connectivity index (χ2v) is 3.06. The lowest BCUT2D eigenvalue weighted by Gasteiger charge is -2.02. The van der Waals surface area contributed by atoms with Crippen molar-refractivity contribution in [3.05, 3.63) is 30.5 Å². The molecule has 0 aliphatic rings. The van der Waals surface area contributed by atoms with E-state index in [1.165, 1.54) is 0 Å². The lowest BCUT2D eigenvalue weighted by molar-refractivity contribution is 0.293. The van der Waals surface area contributed by atoms with Gasteiger partial charge < -0.3 is 4.74 Å². The molecule has 0 N–H and O–H groups in total. The van der Waals surface area contributed by atoms with E-state index in [2.05, 4.69) is 16.9 Å². The van der Waals surface area contributed by atoms with Crippen molar-refractivity contribution in [1.29, 1.82) is 0 Å². The lowest BCUT2D eigenvalue weighted by Crippen LogP contribution is -1.99. The highest BCUT2D eigenvalue weighted by molar-refractivity contribution is 5.85. The lowest BCUT2D eigenvalue weighted by atomic mass is 10.2. The van der Waals surface area contributed by atoms with Crippen LogP contribution in [0.4, 0.5) is 0 Å². The number of aromatic nitrogens is 2. The summed E-state index contributed by atoms with van der Waals surface area (Å²) in [5.41, 5.74) is 0.925. The molecule has 2 aromatic rings. The van der Waals surface area contributed by atoms with Crippen molar-refractivity contribution in [1.82, 2.24) is 9.97 Å². The van der Waals surface area contributed by atoms with Crippen LogP contribution >= 0.6 is 12.4 Å². The third kappa shape index (κ3) is 2.80. The fourth-order valence-electron chi connectivity index (χ4n) is 1.22. The van der Waals surface area contributed by atoms with Crippen molar-refractivity contribution in [3.63, 3.8) is 0 Å². The van der Waals surface area contributed by atoms with Gasteiger partial charge in [-0.2, -0.15) is 4.98 Å². The number of nitrogens with zero attached hydrogens (tertiary/aromatic N) is 2. The molecular weight excluding hydrogens is 212 g/mol. The molecule has 0 radical (unpaired) electrons. The summed E-state index contributed by atoms with van der Waals surface area (Å²) in [5, 5.41) is 1.04. The zero-order valence-electron chi connectivity index (χ0n) is 8.51. The van der Waals surface area contributed by atoms with Crippen molar-refractivity contribution in [2.24, 2.45) is 0 Å². The highest BCUT2D eigenvalue weighted by Gasteiger charge is 1.98. The van der Waals surface area contributed by atoms with E-state index in [4.69, 9.17) is 4.74 Å². The van der Waals surface area contributed by atoms with Gasteiger partial charge in [-0.15, -0.1) is 12.4 Å². The Morgan fingerprint density at radius 3 is 2.87 bits per heavy atom. The minimum Gasteiger partial charge on any atom is -0.463 e. The zero-order chi connectivity index (χ0) is 9.80. The van der Waals surface area contributed by atoms with Crippen molar-refractivity contribution < 1.29 is 4.74 Å². The Balaban J connectivity index is 0.00000112. The first kappa shape index (κ1) is 11.7. The molecule has 1 aromatic carbocycles. The van der Waals surface area contributed by atoms with Gasteiger partial charge in [0.15, 0.2) is 0 Å². The number of rotatable bonds is 3. The summed E-state index contributed by atoms with van der Waals surface area (Å²) in [4.78, 5) is 8.39. The third-order valence-corrected chi connectivity index (χ3v) is 1.90. The average Bonchev–Trinajstić information content (AvgIpc) is 2.26. The molecule has 1 aromatic heterocycles. The molecule has 0 spiro atoms. The molecule has 0 fully saturated rings. The van der Waals surface area contributed by atoms with E-state index in [-0.39, 0.29) is 12.4 Å². The molecule has 3 nitrogen and oxygen atoms in total. The van der Waals surface area contributed by atoms with E-state index in [1.807, 2.05) is 24.3 Å². The summed E-state index contributed by atoms with van der Waals surface area (Å²) in [6.07, 6.45) is 2.75. The smallest absolute Gasteiger partial charge is 0.316 e. The second kappa shape index (κ2) is 5.51. The fourth-order valence-corrected chi connectivity index (χ4v) is 1.22. The Morgan fingerprint density at radius 2 is 2.07 bits per heavy atom. The van der Waals surface area contributed by atoms with Crippen LogP contribution in [0.2, 0.25) is 0 Å². The minimum absolute atomic E-state index is 0. The van der Waals surface area contributed by atoms with Crippen LogP contribution in [0.15, 0.2) is 30.5 Å². The molecule has 2 rings (SSSR count). The standard InChI is InChI=1S/C11H12N2O.ClH/c1-2-7-14-11-12-8-9-5-3-4-6-10(9)13-11;/h3-6,8H,2,7H2,1H3;1H. The summed E-state index contributed by atoms with van der Waals surface area (Å²) < 4.78 is 5.34. The van der Waals surface area contributed by atoms with Gasteiger partial charge in [-0.3, -0.25) is 0 Å². The van der Waals surface area contributed by atoms with Crippen LogP contribution < -0.4 is 4.74 Å². The van der Waals surface area contributed by atoms with Crippen LogP contribution in [0.3, 0.4) is 0 Å². The second-order valence-electron chi connectivity index (χ2n) is 3.06. The van der Waals surface area contributed by atoms with E-state index >= 15 is 0 Å². The molecule has 0 aliphatic carbocycles. The van der Waals surface area contributed by atoms with Crippen molar-refractivity contribution in [3.8, 4) is 6.01 Å². The molecule has 0 atom stereocenters. The molecule has 80 valence electrons. The van der Waals surface area contributed by atoms with Gasteiger partial charge in [-0.25, -0.2) is 4.98 Å². The first-order chi connectivity index (χ1) is 6.90. The molecule has 0 bridgehead atoms. The molecule has 0 amide bonds. The van der Waals surface area contributed by atoms with E-state index in [0.717, 1.165) is 17.3 Å². The van der Waals surface area contributed by atoms with Crippen molar-refractivity contribution >= 4 is 23.3 Å². The molecule has 0 unspecified atom stereocenters. The fraction of sp³-hybridized carbons (Fsp3) is 0.273. The van der Waals surface area contributed by atoms with Crippen molar-refractivity contribution in [2.75, 3.05) is 6.61 Å². The van der Waals surface area contributed by atoms with E-state index < -0.39 is 0 Å². The van der Waals surface area contributed by atoms with Crippen LogP contribution in [-0.2, 0) is 0 Å². The first-order valence-electron chi connectivity index (χ1n) is 4.74. The molecule has 1 heterocycles. The summed E-state index contributed by atoms with van der Waals surface area (Å²) in [6, 6.07) is 8.33. The topological polar surface area (TPSA) is 35.0 Å². The number of halogens is 1. The van der Waals surface area contributed by atoms with Crippen LogP contribution in [-0.4, -0.2) is 16.6 Å². The maximum Gasteiger partial charge on any atom is 0.316 e. The van der Waals surface area contributed by atoms with E-state index in [0.29, 0.717) is 12.6 Å². The number of para-hydroxylation sites is 1. The van der Waals surface area contributed by atoms with E-state index in [9.17, 15) is 0 Å². The quantitative estimate of drug-likeness (QED) is 0.804. The van der Waals surface area contributed by atoms with Crippen LogP contribution in [0.1, 0.15) is 13.3 Å². The SMILES string of the molecule is CCCOc1ncc2ccccc2n1.Cl. The number of ether oxygens (including phenoxy) is 1. The molecule has 4 heteroatoms. The number of benzene rings is 1. The van der Waals surface area contributed by atoms with E-state index in [1.54, 1.807) is 6.20 Å². The van der Waals surface area contributed by atoms with Gasteiger partial charge in [0.2, 0.25) is 0 Å². The predicted molar refractivity (Wildman–Crippen MR) is 62.6 cm³/mol. The molecule has 0 saturated carbocycles. The zero-order valence-corrected chi connectivity index (χ0v) is 9.33. The van der Waals surface area contributed by atoms with Crippen molar-refractivity contribution in [2.45, 2.75) is 13.3 Å². The molecule has 0 aliphatic heterocycles.